The molecule has 2 aromatic rings. The third-order valence-electron chi connectivity index (χ3n) is 5.07. The Morgan fingerprint density at radius 2 is 1.87 bits per heavy atom. The fourth-order valence-electron chi connectivity index (χ4n) is 3.39. The molecule has 2 aromatic carbocycles. The molecule has 31 heavy (non-hydrogen) atoms. The molecule has 1 saturated heterocycles. The highest BCUT2D eigenvalue weighted by Gasteiger charge is 2.28. The van der Waals surface area contributed by atoms with E-state index in [1.165, 1.54) is 32.4 Å². The molecule has 0 aromatic heterocycles. The molecule has 1 aliphatic heterocycles. The van der Waals surface area contributed by atoms with Crippen LogP contribution in [-0.4, -0.2) is 58.7 Å². The minimum atomic E-state index is -3.98. The first-order valence-electron chi connectivity index (χ1n) is 10.1. The highest BCUT2D eigenvalue weighted by Crippen LogP contribution is 2.31. The van der Waals surface area contributed by atoms with E-state index in [0.717, 1.165) is 22.7 Å². The second kappa shape index (κ2) is 10.6. The van der Waals surface area contributed by atoms with E-state index in [2.05, 4.69) is 5.32 Å². The van der Waals surface area contributed by atoms with Crippen molar-refractivity contribution in [1.82, 2.24) is 9.62 Å². The molecule has 0 unspecified atom stereocenters. The zero-order chi connectivity index (χ0) is 22.3. The maximum absolute atomic E-state index is 13.4. The molecule has 1 heterocycles. The molecular weight excluding hydrogens is 420 g/mol. The van der Waals surface area contributed by atoms with Gasteiger partial charge in [0.25, 0.3) is 0 Å². The highest BCUT2D eigenvalue weighted by molar-refractivity contribution is 7.89. The van der Waals surface area contributed by atoms with Crippen LogP contribution in [0.15, 0.2) is 53.4 Å². The monoisotopic (exact) mass is 448 g/mol. The lowest BCUT2D eigenvalue weighted by molar-refractivity contribution is -0.121. The summed E-state index contributed by atoms with van der Waals surface area (Å²) >= 11 is 0. The van der Waals surface area contributed by atoms with Gasteiger partial charge in [0.1, 0.15) is 0 Å². The van der Waals surface area contributed by atoms with Gasteiger partial charge in [-0.15, -0.1) is 0 Å². The number of carbonyl (C=O) groups is 1. The summed E-state index contributed by atoms with van der Waals surface area (Å²) in [6, 6.07) is 13.5. The SMILES string of the molecule is COc1ccc(S(=O)(=O)N(CC(=O)NC[C@@H]2CCCO2)Cc2ccccc2)cc1OC. The van der Waals surface area contributed by atoms with Crippen LogP contribution >= 0.6 is 0 Å². The Bertz CT molecular complexity index is 975. The Morgan fingerprint density at radius 3 is 2.52 bits per heavy atom. The van der Waals surface area contributed by atoms with Crippen molar-refractivity contribution in [3.05, 3.63) is 54.1 Å². The Hall–Kier alpha value is -2.62. The molecule has 0 radical (unpaired) electrons. The first kappa shape index (κ1) is 23.1. The predicted octanol–water partition coefficient (Wildman–Crippen LogP) is 2.19. The van der Waals surface area contributed by atoms with Crippen LogP contribution in [0.3, 0.4) is 0 Å². The predicted molar refractivity (Wildman–Crippen MR) is 116 cm³/mol. The molecular formula is C22H28N2O6S. The van der Waals surface area contributed by atoms with Crippen molar-refractivity contribution < 1.29 is 27.4 Å². The smallest absolute Gasteiger partial charge is 0.243 e. The molecule has 8 nitrogen and oxygen atoms in total. The molecule has 1 amide bonds. The second-order valence-electron chi connectivity index (χ2n) is 7.21. The molecule has 168 valence electrons. The van der Waals surface area contributed by atoms with Crippen molar-refractivity contribution in [3.8, 4) is 11.5 Å². The third-order valence-corrected chi connectivity index (χ3v) is 6.85. The first-order chi connectivity index (χ1) is 14.9. The Balaban J connectivity index is 1.82. The van der Waals surface area contributed by atoms with Crippen LogP contribution in [0.4, 0.5) is 0 Å². The van der Waals surface area contributed by atoms with Crippen molar-refractivity contribution >= 4 is 15.9 Å². The van der Waals surface area contributed by atoms with E-state index in [1.807, 2.05) is 30.3 Å². The lowest BCUT2D eigenvalue weighted by Gasteiger charge is -2.23. The summed E-state index contributed by atoms with van der Waals surface area (Å²) in [4.78, 5) is 12.6. The van der Waals surface area contributed by atoms with Gasteiger partial charge in [-0.1, -0.05) is 30.3 Å². The number of benzene rings is 2. The summed E-state index contributed by atoms with van der Waals surface area (Å²) in [7, 11) is -1.07. The zero-order valence-electron chi connectivity index (χ0n) is 17.7. The summed E-state index contributed by atoms with van der Waals surface area (Å²) in [5.41, 5.74) is 0.776. The van der Waals surface area contributed by atoms with Gasteiger partial charge in [0.2, 0.25) is 15.9 Å². The van der Waals surface area contributed by atoms with E-state index in [1.54, 1.807) is 0 Å². The van der Waals surface area contributed by atoms with Gasteiger partial charge in [-0.2, -0.15) is 4.31 Å². The van der Waals surface area contributed by atoms with E-state index in [9.17, 15) is 13.2 Å². The standard InChI is InChI=1S/C22H28N2O6S/c1-28-20-11-10-19(13-21(20)29-2)31(26,27)24(15-17-7-4-3-5-8-17)16-22(25)23-14-18-9-6-12-30-18/h3-5,7-8,10-11,13,18H,6,9,12,14-16H2,1-2H3,(H,23,25)/t18-/m0/s1. The molecule has 0 aliphatic carbocycles. The molecule has 1 aliphatic rings. The Morgan fingerprint density at radius 1 is 1.13 bits per heavy atom. The number of methoxy groups -OCH3 is 2. The molecule has 0 spiro atoms. The maximum Gasteiger partial charge on any atom is 0.243 e. The van der Waals surface area contributed by atoms with Crippen LogP contribution in [0.5, 0.6) is 11.5 Å². The van der Waals surface area contributed by atoms with Gasteiger partial charge in [-0.05, 0) is 30.5 Å². The van der Waals surface area contributed by atoms with E-state index in [0.29, 0.717) is 24.7 Å². The van der Waals surface area contributed by atoms with Crippen LogP contribution in [0.1, 0.15) is 18.4 Å². The number of nitrogens with zero attached hydrogens (tertiary/aromatic N) is 1. The zero-order valence-corrected chi connectivity index (χ0v) is 18.6. The number of hydrogen-bond acceptors (Lipinski definition) is 6. The second-order valence-corrected chi connectivity index (χ2v) is 9.15. The van der Waals surface area contributed by atoms with Crippen LogP contribution < -0.4 is 14.8 Å². The van der Waals surface area contributed by atoms with Gasteiger partial charge in [0.15, 0.2) is 11.5 Å². The third kappa shape index (κ3) is 5.96. The minimum Gasteiger partial charge on any atom is -0.493 e. The van der Waals surface area contributed by atoms with Crippen molar-refractivity contribution in [2.24, 2.45) is 0 Å². The lowest BCUT2D eigenvalue weighted by atomic mass is 10.2. The fraction of sp³-hybridized carbons (Fsp3) is 0.409. The first-order valence-corrected chi connectivity index (χ1v) is 11.5. The largest absolute Gasteiger partial charge is 0.493 e. The van der Waals surface area contributed by atoms with Crippen LogP contribution in [0.2, 0.25) is 0 Å². The van der Waals surface area contributed by atoms with Crippen LogP contribution in [0.25, 0.3) is 0 Å². The molecule has 1 atom stereocenters. The minimum absolute atomic E-state index is 0.0195. The van der Waals surface area contributed by atoms with Crippen LogP contribution in [-0.2, 0) is 26.1 Å². The van der Waals surface area contributed by atoms with Crippen LogP contribution in [0, 0.1) is 0 Å². The maximum atomic E-state index is 13.4. The van der Waals surface area contributed by atoms with E-state index >= 15 is 0 Å². The van der Waals surface area contributed by atoms with Gasteiger partial charge in [-0.3, -0.25) is 4.79 Å². The topological polar surface area (TPSA) is 94.2 Å². The normalized spacial score (nSPS) is 16.3. The summed E-state index contributed by atoms with van der Waals surface area (Å²) in [6.07, 6.45) is 1.83. The van der Waals surface area contributed by atoms with Gasteiger partial charge >= 0.3 is 0 Å². The molecule has 9 heteroatoms. The number of sulfonamides is 1. The number of hydrogen-bond donors (Lipinski definition) is 1. The van der Waals surface area contributed by atoms with Crippen molar-refractivity contribution in [2.75, 3.05) is 33.9 Å². The Kier molecular flexibility index (Phi) is 7.89. The lowest BCUT2D eigenvalue weighted by Crippen LogP contribution is -2.42. The number of amides is 1. The van der Waals surface area contributed by atoms with E-state index in [4.69, 9.17) is 14.2 Å². The molecule has 1 fully saturated rings. The quantitative estimate of drug-likeness (QED) is 0.599. The number of carbonyl (C=O) groups excluding carboxylic acids is 1. The van der Waals surface area contributed by atoms with Gasteiger partial charge in [0.05, 0.1) is 31.8 Å². The van der Waals surface area contributed by atoms with Gasteiger partial charge in [0, 0.05) is 25.8 Å². The number of rotatable bonds is 10. The molecule has 0 saturated carbocycles. The molecule has 3 rings (SSSR count). The summed E-state index contributed by atoms with van der Waals surface area (Å²) in [5, 5.41) is 2.79. The van der Waals surface area contributed by atoms with E-state index < -0.39 is 10.0 Å². The fourth-order valence-corrected chi connectivity index (χ4v) is 4.79. The van der Waals surface area contributed by atoms with Gasteiger partial charge < -0.3 is 19.5 Å². The highest BCUT2D eigenvalue weighted by atomic mass is 32.2. The van der Waals surface area contributed by atoms with E-state index in [-0.39, 0.29) is 30.0 Å². The Labute approximate surface area is 183 Å². The summed E-state index contributed by atoms with van der Waals surface area (Å²) in [5.74, 6) is 0.340. The summed E-state index contributed by atoms with van der Waals surface area (Å²) in [6.45, 7) is 0.811. The molecule has 1 N–H and O–H groups in total. The van der Waals surface area contributed by atoms with Gasteiger partial charge in [-0.25, -0.2) is 8.42 Å². The number of ether oxygens (including phenoxy) is 3. The van der Waals surface area contributed by atoms with Crippen molar-refractivity contribution in [1.29, 1.82) is 0 Å². The molecule has 0 bridgehead atoms. The van der Waals surface area contributed by atoms with Crippen molar-refractivity contribution in [2.45, 2.75) is 30.4 Å². The summed E-state index contributed by atoms with van der Waals surface area (Å²) < 4.78 is 44.0. The number of nitrogens with one attached hydrogen (secondary N) is 1. The average molecular weight is 449 g/mol. The average Bonchev–Trinajstić information content (AvgIpc) is 3.31. The van der Waals surface area contributed by atoms with Crippen molar-refractivity contribution in [3.63, 3.8) is 0 Å².